The van der Waals surface area contributed by atoms with E-state index in [0.29, 0.717) is 11.1 Å². The van der Waals surface area contributed by atoms with Crippen molar-refractivity contribution in [1.82, 2.24) is 4.98 Å². The molecule has 0 saturated carbocycles. The monoisotopic (exact) mass is 480 g/mol. The number of anilines is 1. The molecule has 3 aromatic carbocycles. The molecular weight excluding hydrogens is 467 g/mol. The number of carbonyl (C=O) groups excluding carboxylic acids is 1. The number of rotatable bonds is 4. The molecule has 10 heteroatoms. The molecule has 0 aliphatic rings. The van der Waals surface area contributed by atoms with Gasteiger partial charge in [-0.1, -0.05) is 31.5 Å². The van der Waals surface area contributed by atoms with E-state index in [1.54, 1.807) is 6.07 Å². The second-order valence-electron chi connectivity index (χ2n) is 7.49. The summed E-state index contributed by atoms with van der Waals surface area (Å²) >= 11 is 6.23. The number of benzene rings is 3. The Labute approximate surface area is 189 Å². The summed E-state index contributed by atoms with van der Waals surface area (Å²) < 4.78 is 73.7. The molecule has 0 spiro atoms. The summed E-state index contributed by atoms with van der Waals surface area (Å²) in [6, 6.07) is 9.46. The number of halogens is 6. The standard InChI is InChI=1S/C23H14ClF5N2O2/c1-9(2)10-3-6-15-14(7-10)31-23(33-15)12-8-11(4-5-13(12)24)30-22(32)16-17(25)19(27)21(29)20(28)18(16)26/h3-9H,1-2H3,(H,30,32). The lowest BCUT2D eigenvalue weighted by atomic mass is 10.0. The third-order valence-electron chi connectivity index (χ3n) is 4.97. The Hall–Kier alpha value is -3.46. The molecule has 4 nitrogen and oxygen atoms in total. The van der Waals surface area contributed by atoms with Gasteiger partial charge in [0.2, 0.25) is 11.7 Å². The van der Waals surface area contributed by atoms with Gasteiger partial charge in [0.1, 0.15) is 11.1 Å². The number of amides is 1. The summed E-state index contributed by atoms with van der Waals surface area (Å²) in [6.07, 6.45) is 0. The molecule has 1 N–H and O–H groups in total. The molecule has 0 radical (unpaired) electrons. The molecule has 1 amide bonds. The first kappa shape index (κ1) is 22.7. The fourth-order valence-corrected chi connectivity index (χ4v) is 3.38. The first-order chi connectivity index (χ1) is 15.6. The lowest BCUT2D eigenvalue weighted by Crippen LogP contribution is -2.19. The van der Waals surface area contributed by atoms with Gasteiger partial charge in [0.05, 0.1) is 10.6 Å². The van der Waals surface area contributed by atoms with Crippen molar-refractivity contribution >= 4 is 34.3 Å². The van der Waals surface area contributed by atoms with Crippen molar-refractivity contribution in [2.24, 2.45) is 0 Å². The van der Waals surface area contributed by atoms with Crippen molar-refractivity contribution < 1.29 is 31.2 Å². The van der Waals surface area contributed by atoms with Crippen LogP contribution in [0.1, 0.15) is 35.7 Å². The first-order valence-corrected chi connectivity index (χ1v) is 9.99. The second kappa shape index (κ2) is 8.47. The van der Waals surface area contributed by atoms with Crippen LogP contribution in [0.2, 0.25) is 5.02 Å². The number of hydrogen-bond donors (Lipinski definition) is 1. The Balaban J connectivity index is 1.70. The van der Waals surface area contributed by atoms with Crippen LogP contribution in [0.15, 0.2) is 40.8 Å². The lowest BCUT2D eigenvalue weighted by Gasteiger charge is -2.10. The van der Waals surface area contributed by atoms with Crippen LogP contribution in [0.4, 0.5) is 27.6 Å². The number of nitrogens with one attached hydrogen (secondary N) is 1. The lowest BCUT2D eigenvalue weighted by molar-refractivity contribution is 0.101. The van der Waals surface area contributed by atoms with Gasteiger partial charge < -0.3 is 9.73 Å². The molecular formula is C23H14ClF5N2O2. The van der Waals surface area contributed by atoms with Crippen molar-refractivity contribution in [1.29, 1.82) is 0 Å². The number of aromatic nitrogens is 1. The predicted molar refractivity (Wildman–Crippen MR) is 113 cm³/mol. The van der Waals surface area contributed by atoms with Crippen molar-refractivity contribution in [3.63, 3.8) is 0 Å². The highest BCUT2D eigenvalue weighted by atomic mass is 35.5. The molecule has 0 unspecified atom stereocenters. The van der Waals surface area contributed by atoms with Crippen LogP contribution in [-0.2, 0) is 0 Å². The fourth-order valence-electron chi connectivity index (χ4n) is 3.18. The highest BCUT2D eigenvalue weighted by Gasteiger charge is 2.30. The Bertz CT molecular complexity index is 1390. The molecule has 0 bridgehead atoms. The number of hydrogen-bond acceptors (Lipinski definition) is 3. The van der Waals surface area contributed by atoms with Crippen LogP contribution in [0.25, 0.3) is 22.6 Å². The zero-order chi connectivity index (χ0) is 24.0. The van der Waals surface area contributed by atoms with Gasteiger partial charge in [-0.05, 0) is 41.8 Å². The molecule has 4 aromatic rings. The molecule has 0 fully saturated rings. The van der Waals surface area contributed by atoms with E-state index < -0.39 is 40.6 Å². The maximum Gasteiger partial charge on any atom is 0.261 e. The Morgan fingerprint density at radius 3 is 2.21 bits per heavy atom. The summed E-state index contributed by atoms with van der Waals surface area (Å²) in [5.74, 6) is -12.4. The Morgan fingerprint density at radius 1 is 0.939 bits per heavy atom. The minimum absolute atomic E-state index is 0.0338. The van der Waals surface area contributed by atoms with Gasteiger partial charge in [-0.2, -0.15) is 0 Å². The first-order valence-electron chi connectivity index (χ1n) is 9.61. The second-order valence-corrected chi connectivity index (χ2v) is 7.90. The molecule has 0 aliphatic heterocycles. The normalized spacial score (nSPS) is 11.4. The van der Waals surface area contributed by atoms with Gasteiger partial charge >= 0.3 is 0 Å². The smallest absolute Gasteiger partial charge is 0.261 e. The zero-order valence-corrected chi connectivity index (χ0v) is 17.8. The van der Waals surface area contributed by atoms with Crippen molar-refractivity contribution in [3.05, 3.63) is 81.6 Å². The van der Waals surface area contributed by atoms with Gasteiger partial charge in [0.25, 0.3) is 5.91 Å². The molecule has 0 saturated heterocycles. The van der Waals surface area contributed by atoms with E-state index in [2.05, 4.69) is 10.3 Å². The van der Waals surface area contributed by atoms with Crippen LogP contribution in [0, 0.1) is 29.1 Å². The highest BCUT2D eigenvalue weighted by Crippen LogP contribution is 2.33. The van der Waals surface area contributed by atoms with Crippen LogP contribution in [-0.4, -0.2) is 10.9 Å². The van der Waals surface area contributed by atoms with E-state index in [-0.39, 0.29) is 28.1 Å². The fraction of sp³-hybridized carbons (Fsp3) is 0.130. The SMILES string of the molecule is CC(C)c1ccc2oc(-c3cc(NC(=O)c4c(F)c(F)c(F)c(F)c4F)ccc3Cl)nc2c1. The molecule has 4 rings (SSSR count). The van der Waals surface area contributed by atoms with Gasteiger partial charge in [0.15, 0.2) is 28.9 Å². The minimum atomic E-state index is -2.35. The average Bonchev–Trinajstić information content (AvgIpc) is 3.21. The number of oxazole rings is 1. The predicted octanol–water partition coefficient (Wildman–Crippen LogP) is 7.22. The van der Waals surface area contributed by atoms with Gasteiger partial charge in [-0.3, -0.25) is 4.79 Å². The summed E-state index contributed by atoms with van der Waals surface area (Å²) in [4.78, 5) is 16.7. The molecule has 170 valence electrons. The maximum absolute atomic E-state index is 13.9. The van der Waals surface area contributed by atoms with Crippen LogP contribution in [0.3, 0.4) is 0 Å². The average molecular weight is 481 g/mol. The topological polar surface area (TPSA) is 55.1 Å². The minimum Gasteiger partial charge on any atom is -0.436 e. The molecule has 1 heterocycles. The van der Waals surface area contributed by atoms with Crippen molar-refractivity contribution in [3.8, 4) is 11.5 Å². The number of carbonyl (C=O) groups is 1. The van der Waals surface area contributed by atoms with Gasteiger partial charge in [-0.25, -0.2) is 26.9 Å². The van der Waals surface area contributed by atoms with E-state index in [1.807, 2.05) is 26.0 Å². The van der Waals surface area contributed by atoms with Crippen molar-refractivity contribution in [2.75, 3.05) is 5.32 Å². The zero-order valence-electron chi connectivity index (χ0n) is 17.1. The van der Waals surface area contributed by atoms with E-state index in [1.165, 1.54) is 18.2 Å². The van der Waals surface area contributed by atoms with E-state index in [4.69, 9.17) is 16.0 Å². The van der Waals surface area contributed by atoms with Crippen molar-refractivity contribution in [2.45, 2.75) is 19.8 Å². The van der Waals surface area contributed by atoms with Crippen LogP contribution < -0.4 is 5.32 Å². The van der Waals surface area contributed by atoms with E-state index in [9.17, 15) is 26.7 Å². The van der Waals surface area contributed by atoms with Crippen LogP contribution >= 0.6 is 11.6 Å². The largest absolute Gasteiger partial charge is 0.436 e. The van der Waals surface area contributed by atoms with E-state index >= 15 is 0 Å². The quantitative estimate of drug-likeness (QED) is 0.190. The maximum atomic E-state index is 13.9. The third-order valence-corrected chi connectivity index (χ3v) is 5.30. The summed E-state index contributed by atoms with van der Waals surface area (Å²) in [6.45, 7) is 4.05. The molecule has 1 aromatic heterocycles. The summed E-state index contributed by atoms with van der Waals surface area (Å²) in [5, 5.41) is 2.30. The van der Waals surface area contributed by atoms with Gasteiger partial charge in [0, 0.05) is 5.69 Å². The Morgan fingerprint density at radius 2 is 1.58 bits per heavy atom. The Kier molecular flexibility index (Phi) is 5.84. The van der Waals surface area contributed by atoms with Crippen LogP contribution in [0.5, 0.6) is 0 Å². The molecule has 33 heavy (non-hydrogen) atoms. The number of nitrogens with zero attached hydrogens (tertiary/aromatic N) is 1. The highest BCUT2D eigenvalue weighted by molar-refractivity contribution is 6.33. The summed E-state index contributed by atoms with van der Waals surface area (Å²) in [5.41, 5.74) is 0.704. The van der Waals surface area contributed by atoms with Gasteiger partial charge in [-0.15, -0.1) is 0 Å². The molecule has 0 aliphatic carbocycles. The third kappa shape index (κ3) is 4.04. The molecule has 0 atom stereocenters. The number of fused-ring (bicyclic) bond motifs is 1. The van der Waals surface area contributed by atoms with E-state index in [0.717, 1.165) is 5.56 Å². The summed E-state index contributed by atoms with van der Waals surface area (Å²) in [7, 11) is 0.